The number of aryl methyl sites for hydroxylation is 1. The van der Waals surface area contributed by atoms with Gasteiger partial charge in [-0.2, -0.15) is 0 Å². The standard InChI is InChI=1S/C29H35N3O6/c1-19-9-5-8-12-23(19)25(26(35)30-22-14-13-20-10-6-7-11-21(20)17-22)32(15-16-33)27(36)24(18-34)31-28(37)38-29(2,3)4/h5-14,17,24-25,33-34H,15-16,18H2,1-4H3,(H,30,35)(H,31,37). The molecule has 9 nitrogen and oxygen atoms in total. The maximum atomic E-state index is 13.8. The van der Waals surface area contributed by atoms with Crippen LogP contribution in [-0.4, -0.2) is 64.4 Å². The molecule has 3 rings (SSSR count). The Morgan fingerprint density at radius 2 is 1.61 bits per heavy atom. The van der Waals surface area contributed by atoms with Crippen LogP contribution in [0.5, 0.6) is 0 Å². The van der Waals surface area contributed by atoms with E-state index in [1.165, 1.54) is 0 Å². The number of carbonyl (C=O) groups excluding carboxylic acids is 3. The van der Waals surface area contributed by atoms with Crippen molar-refractivity contribution in [3.63, 3.8) is 0 Å². The molecule has 0 aliphatic heterocycles. The molecule has 0 radical (unpaired) electrons. The van der Waals surface area contributed by atoms with Crippen LogP contribution in [-0.2, 0) is 14.3 Å². The van der Waals surface area contributed by atoms with E-state index in [9.17, 15) is 24.6 Å². The van der Waals surface area contributed by atoms with Crippen molar-refractivity contribution in [3.05, 3.63) is 77.9 Å². The molecule has 3 amide bonds. The minimum Gasteiger partial charge on any atom is -0.444 e. The second kappa shape index (κ2) is 12.5. The third-order valence-corrected chi connectivity index (χ3v) is 5.86. The molecule has 3 aromatic rings. The van der Waals surface area contributed by atoms with Crippen LogP contribution in [0.3, 0.4) is 0 Å². The maximum absolute atomic E-state index is 13.8. The summed E-state index contributed by atoms with van der Waals surface area (Å²) >= 11 is 0. The fourth-order valence-corrected chi connectivity index (χ4v) is 4.13. The lowest BCUT2D eigenvalue weighted by Crippen LogP contribution is -2.54. The molecule has 0 aromatic heterocycles. The van der Waals surface area contributed by atoms with E-state index in [0.29, 0.717) is 11.3 Å². The largest absolute Gasteiger partial charge is 0.444 e. The highest BCUT2D eigenvalue weighted by atomic mass is 16.6. The fraction of sp³-hybridized carbons (Fsp3) is 0.345. The lowest BCUT2D eigenvalue weighted by Gasteiger charge is -2.34. The Balaban J connectivity index is 1.97. The number of alkyl carbamates (subject to hydrolysis) is 1. The van der Waals surface area contributed by atoms with Crippen LogP contribution >= 0.6 is 0 Å². The van der Waals surface area contributed by atoms with Crippen LogP contribution < -0.4 is 10.6 Å². The number of benzene rings is 3. The second-order valence-electron chi connectivity index (χ2n) is 9.95. The number of anilines is 1. The Kier molecular flexibility index (Phi) is 9.44. The van der Waals surface area contributed by atoms with Gasteiger partial charge in [0.2, 0.25) is 5.91 Å². The van der Waals surface area contributed by atoms with Gasteiger partial charge in [0.15, 0.2) is 0 Å². The van der Waals surface area contributed by atoms with Gasteiger partial charge in [-0.15, -0.1) is 0 Å². The Hall–Kier alpha value is -3.95. The van der Waals surface area contributed by atoms with Crippen LogP contribution in [0.4, 0.5) is 10.5 Å². The molecule has 2 unspecified atom stereocenters. The van der Waals surface area contributed by atoms with E-state index < -0.39 is 48.8 Å². The number of fused-ring (bicyclic) bond motifs is 1. The van der Waals surface area contributed by atoms with Gasteiger partial charge in [0.05, 0.1) is 13.2 Å². The molecule has 4 N–H and O–H groups in total. The SMILES string of the molecule is Cc1ccccc1C(C(=O)Nc1ccc2ccccc2c1)N(CCO)C(=O)C(CO)NC(=O)OC(C)(C)C. The van der Waals surface area contributed by atoms with E-state index in [1.54, 1.807) is 39.0 Å². The molecule has 0 bridgehead atoms. The molecule has 0 saturated carbocycles. The molecule has 0 saturated heterocycles. The molecule has 0 fully saturated rings. The van der Waals surface area contributed by atoms with E-state index in [-0.39, 0.29) is 6.54 Å². The predicted molar refractivity (Wildman–Crippen MR) is 146 cm³/mol. The molecule has 202 valence electrons. The number of hydrogen-bond donors (Lipinski definition) is 4. The minimum absolute atomic E-state index is 0.213. The van der Waals surface area contributed by atoms with Crippen molar-refractivity contribution >= 4 is 34.4 Å². The molecular weight excluding hydrogens is 486 g/mol. The number of aliphatic hydroxyl groups excluding tert-OH is 2. The van der Waals surface area contributed by atoms with Crippen LogP contribution in [0.15, 0.2) is 66.7 Å². The van der Waals surface area contributed by atoms with Crippen LogP contribution in [0.25, 0.3) is 10.8 Å². The number of nitrogens with one attached hydrogen (secondary N) is 2. The van der Waals surface area contributed by atoms with E-state index >= 15 is 0 Å². The van der Waals surface area contributed by atoms with Gasteiger partial charge in [0.25, 0.3) is 5.91 Å². The quantitative estimate of drug-likeness (QED) is 0.341. The van der Waals surface area contributed by atoms with Crippen LogP contribution in [0.2, 0.25) is 0 Å². The molecule has 0 aliphatic carbocycles. The highest BCUT2D eigenvalue weighted by molar-refractivity contribution is 6.00. The smallest absolute Gasteiger partial charge is 0.408 e. The van der Waals surface area contributed by atoms with Crippen molar-refractivity contribution in [2.75, 3.05) is 25.1 Å². The lowest BCUT2D eigenvalue weighted by atomic mass is 9.98. The Morgan fingerprint density at radius 3 is 2.24 bits per heavy atom. The number of amides is 3. The molecule has 2 atom stereocenters. The molecule has 9 heteroatoms. The van der Waals surface area contributed by atoms with E-state index in [4.69, 9.17) is 4.74 Å². The van der Waals surface area contributed by atoms with Gasteiger partial charge < -0.3 is 30.5 Å². The number of carbonyl (C=O) groups is 3. The Bertz CT molecular complexity index is 1290. The van der Waals surface area contributed by atoms with Gasteiger partial charge in [0, 0.05) is 12.2 Å². The Morgan fingerprint density at radius 1 is 0.947 bits per heavy atom. The number of nitrogens with zero attached hydrogens (tertiary/aromatic N) is 1. The first-order valence-electron chi connectivity index (χ1n) is 12.4. The summed E-state index contributed by atoms with van der Waals surface area (Å²) in [6.45, 7) is 5.45. The summed E-state index contributed by atoms with van der Waals surface area (Å²) in [5.74, 6) is -1.25. The number of hydrogen-bond acceptors (Lipinski definition) is 6. The van der Waals surface area contributed by atoms with E-state index in [2.05, 4.69) is 10.6 Å². The highest BCUT2D eigenvalue weighted by Gasteiger charge is 2.36. The number of ether oxygens (including phenoxy) is 1. The first-order valence-corrected chi connectivity index (χ1v) is 12.4. The van der Waals surface area contributed by atoms with Gasteiger partial charge >= 0.3 is 6.09 Å². The van der Waals surface area contributed by atoms with Crippen LogP contribution in [0, 0.1) is 6.92 Å². The minimum atomic E-state index is -1.39. The summed E-state index contributed by atoms with van der Waals surface area (Å²) in [5.41, 5.74) is 1.01. The van der Waals surface area contributed by atoms with Gasteiger partial charge in [-0.1, -0.05) is 54.6 Å². The topological polar surface area (TPSA) is 128 Å². The second-order valence-corrected chi connectivity index (χ2v) is 9.95. The van der Waals surface area contributed by atoms with Gasteiger partial charge in [-0.05, 0) is 61.7 Å². The predicted octanol–water partition coefficient (Wildman–Crippen LogP) is 3.53. The Labute approximate surface area is 222 Å². The third-order valence-electron chi connectivity index (χ3n) is 5.86. The van der Waals surface area contributed by atoms with Gasteiger partial charge in [0.1, 0.15) is 17.7 Å². The summed E-state index contributed by atoms with van der Waals surface area (Å²) in [6, 6.07) is 17.8. The maximum Gasteiger partial charge on any atom is 0.408 e. The zero-order valence-corrected chi connectivity index (χ0v) is 22.1. The van der Waals surface area contributed by atoms with Gasteiger partial charge in [-0.3, -0.25) is 9.59 Å². The van der Waals surface area contributed by atoms with Crippen molar-refractivity contribution in [2.24, 2.45) is 0 Å². The highest BCUT2D eigenvalue weighted by Crippen LogP contribution is 2.28. The normalized spacial score (nSPS) is 12.9. The van der Waals surface area contributed by atoms with Crippen molar-refractivity contribution in [1.29, 1.82) is 0 Å². The third kappa shape index (κ3) is 7.30. The monoisotopic (exact) mass is 521 g/mol. The molecule has 38 heavy (non-hydrogen) atoms. The molecule has 0 spiro atoms. The van der Waals surface area contributed by atoms with Gasteiger partial charge in [-0.25, -0.2) is 4.79 Å². The van der Waals surface area contributed by atoms with Crippen molar-refractivity contribution in [1.82, 2.24) is 10.2 Å². The molecular formula is C29H35N3O6. The number of rotatable bonds is 9. The van der Waals surface area contributed by atoms with E-state index in [0.717, 1.165) is 21.2 Å². The average molecular weight is 522 g/mol. The molecule has 3 aromatic carbocycles. The summed E-state index contributed by atoms with van der Waals surface area (Å²) in [5, 5.41) is 27.0. The fourth-order valence-electron chi connectivity index (χ4n) is 4.13. The molecule has 0 heterocycles. The van der Waals surface area contributed by atoms with E-state index in [1.807, 2.05) is 55.5 Å². The summed E-state index contributed by atoms with van der Waals surface area (Å²) in [4.78, 5) is 40.9. The summed E-state index contributed by atoms with van der Waals surface area (Å²) < 4.78 is 5.23. The lowest BCUT2D eigenvalue weighted by molar-refractivity contribution is -0.142. The van der Waals surface area contributed by atoms with Crippen molar-refractivity contribution in [3.8, 4) is 0 Å². The molecule has 0 aliphatic rings. The van der Waals surface area contributed by atoms with Crippen molar-refractivity contribution in [2.45, 2.75) is 45.4 Å². The summed E-state index contributed by atoms with van der Waals surface area (Å²) in [6.07, 6.45) is -0.887. The zero-order chi connectivity index (χ0) is 27.9. The first-order chi connectivity index (χ1) is 18.0. The van der Waals surface area contributed by atoms with Crippen molar-refractivity contribution < 1.29 is 29.3 Å². The average Bonchev–Trinajstić information content (AvgIpc) is 2.86. The van der Waals surface area contributed by atoms with Crippen LogP contribution in [0.1, 0.15) is 37.9 Å². The summed E-state index contributed by atoms with van der Waals surface area (Å²) in [7, 11) is 0. The number of aliphatic hydroxyl groups is 2. The first kappa shape index (κ1) is 28.6. The zero-order valence-electron chi connectivity index (χ0n) is 22.1.